The molecule has 20 heavy (non-hydrogen) atoms. The Morgan fingerprint density at radius 3 is 2.60 bits per heavy atom. The van der Waals surface area contributed by atoms with E-state index >= 15 is 0 Å². The number of hydrogen-bond donors (Lipinski definition) is 3. The molecule has 0 heterocycles. The van der Waals surface area contributed by atoms with Gasteiger partial charge >= 0.3 is 0 Å². The van der Waals surface area contributed by atoms with Crippen molar-refractivity contribution in [2.75, 3.05) is 10.7 Å². The average molecular weight is 314 g/mol. The van der Waals surface area contributed by atoms with E-state index in [1.807, 2.05) is 0 Å². The van der Waals surface area contributed by atoms with Crippen LogP contribution in [0.15, 0.2) is 36.4 Å². The zero-order valence-electron chi connectivity index (χ0n) is 10.1. The highest BCUT2D eigenvalue weighted by molar-refractivity contribution is 6.34. The lowest BCUT2D eigenvalue weighted by Crippen LogP contribution is -2.18. The Balaban J connectivity index is 2.35. The Hall–Kier alpha value is -1.82. The number of nitrogen functional groups attached to an aromatic ring is 1. The summed E-state index contributed by atoms with van der Waals surface area (Å²) < 4.78 is 13.6. The third kappa shape index (κ3) is 3.01. The minimum atomic E-state index is -0.630. The molecule has 7 heteroatoms. The van der Waals surface area contributed by atoms with Gasteiger partial charge in [-0.1, -0.05) is 29.3 Å². The van der Waals surface area contributed by atoms with Crippen molar-refractivity contribution in [3.63, 3.8) is 0 Å². The summed E-state index contributed by atoms with van der Waals surface area (Å²) in [5, 5.41) is 2.85. The second-order valence-electron chi connectivity index (χ2n) is 3.89. The van der Waals surface area contributed by atoms with Crippen molar-refractivity contribution in [1.82, 2.24) is 0 Å². The predicted molar refractivity (Wildman–Crippen MR) is 78.6 cm³/mol. The zero-order valence-corrected chi connectivity index (χ0v) is 11.6. The molecule has 2 aromatic carbocycles. The Labute approximate surface area is 124 Å². The Bertz CT molecular complexity index is 644. The molecule has 0 atom stereocenters. The maximum absolute atomic E-state index is 13.6. The van der Waals surface area contributed by atoms with Crippen LogP contribution < -0.4 is 16.6 Å². The number of halogens is 3. The summed E-state index contributed by atoms with van der Waals surface area (Å²) in [5.74, 6) is 4.11. The Morgan fingerprint density at radius 1 is 1.20 bits per heavy atom. The van der Waals surface area contributed by atoms with E-state index in [1.54, 1.807) is 12.1 Å². The summed E-state index contributed by atoms with van der Waals surface area (Å²) in [4.78, 5) is 12.2. The first-order valence-corrected chi connectivity index (χ1v) is 6.30. The molecule has 0 saturated heterocycles. The van der Waals surface area contributed by atoms with Crippen LogP contribution in [0.25, 0.3) is 0 Å². The van der Waals surface area contributed by atoms with Crippen molar-refractivity contribution >= 4 is 40.5 Å². The number of hydrazine groups is 1. The third-order valence-electron chi connectivity index (χ3n) is 2.58. The van der Waals surface area contributed by atoms with E-state index in [9.17, 15) is 9.18 Å². The number of carbonyl (C=O) groups excluding carboxylic acids is 1. The molecular weight excluding hydrogens is 304 g/mol. The normalized spacial score (nSPS) is 10.2. The average Bonchev–Trinajstić information content (AvgIpc) is 2.43. The fourth-order valence-corrected chi connectivity index (χ4v) is 2.01. The van der Waals surface area contributed by atoms with Crippen molar-refractivity contribution < 1.29 is 9.18 Å². The van der Waals surface area contributed by atoms with Crippen LogP contribution in [0, 0.1) is 5.82 Å². The van der Waals surface area contributed by atoms with Crippen molar-refractivity contribution in [2.24, 2.45) is 5.84 Å². The van der Waals surface area contributed by atoms with E-state index in [4.69, 9.17) is 29.0 Å². The molecule has 104 valence electrons. The van der Waals surface area contributed by atoms with Gasteiger partial charge in [0.25, 0.3) is 5.91 Å². The minimum Gasteiger partial charge on any atom is -0.323 e. The van der Waals surface area contributed by atoms with Crippen LogP contribution in [-0.2, 0) is 0 Å². The number of anilines is 2. The second kappa shape index (κ2) is 6.09. The van der Waals surface area contributed by atoms with E-state index in [0.717, 1.165) is 0 Å². The van der Waals surface area contributed by atoms with Crippen LogP contribution in [0.1, 0.15) is 10.4 Å². The lowest BCUT2D eigenvalue weighted by Gasteiger charge is -2.11. The molecule has 4 nitrogen and oxygen atoms in total. The Kier molecular flexibility index (Phi) is 4.44. The highest BCUT2D eigenvalue weighted by Crippen LogP contribution is 2.27. The molecular formula is C13H10Cl2FN3O. The van der Waals surface area contributed by atoms with Gasteiger partial charge in [-0.05, 0) is 30.3 Å². The fraction of sp³-hybridized carbons (Fsp3) is 0. The molecule has 0 saturated carbocycles. The molecule has 0 aromatic heterocycles. The molecule has 2 aromatic rings. The number of hydrogen-bond acceptors (Lipinski definition) is 3. The summed E-state index contributed by atoms with van der Waals surface area (Å²) in [5.41, 5.74) is 2.82. The van der Waals surface area contributed by atoms with Gasteiger partial charge in [-0.15, -0.1) is 0 Å². The Morgan fingerprint density at radius 2 is 1.95 bits per heavy atom. The zero-order chi connectivity index (χ0) is 14.7. The standard InChI is InChI=1S/C13H10Cl2FN3O/c14-7-4-5-11(19-17)8(6-7)13(20)18-12-9(15)2-1-3-10(12)16/h1-6,19H,17H2,(H,18,20). The summed E-state index contributed by atoms with van der Waals surface area (Å²) in [6.07, 6.45) is 0. The van der Waals surface area contributed by atoms with Crippen LogP contribution in [0.4, 0.5) is 15.8 Å². The maximum atomic E-state index is 13.6. The van der Waals surface area contributed by atoms with Crippen LogP contribution in [0.2, 0.25) is 10.0 Å². The lowest BCUT2D eigenvalue weighted by atomic mass is 10.1. The van der Waals surface area contributed by atoms with Crippen molar-refractivity contribution in [1.29, 1.82) is 0 Å². The molecule has 0 aliphatic carbocycles. The number of carbonyl (C=O) groups is 1. The van der Waals surface area contributed by atoms with Crippen molar-refractivity contribution in [2.45, 2.75) is 0 Å². The van der Waals surface area contributed by atoms with Crippen LogP contribution in [0.5, 0.6) is 0 Å². The summed E-state index contributed by atoms with van der Waals surface area (Å²) in [6, 6.07) is 8.64. The highest BCUT2D eigenvalue weighted by Gasteiger charge is 2.15. The van der Waals surface area contributed by atoms with Gasteiger partial charge in [0.05, 0.1) is 22.0 Å². The summed E-state index contributed by atoms with van der Waals surface area (Å²) >= 11 is 11.7. The quantitative estimate of drug-likeness (QED) is 0.598. The number of nitrogens with two attached hydrogens (primary N) is 1. The molecule has 0 bridgehead atoms. The van der Waals surface area contributed by atoms with Crippen LogP contribution in [0.3, 0.4) is 0 Å². The van der Waals surface area contributed by atoms with E-state index in [-0.39, 0.29) is 16.3 Å². The number of amides is 1. The highest BCUT2D eigenvalue weighted by atomic mass is 35.5. The molecule has 0 spiro atoms. The molecule has 1 amide bonds. The van der Waals surface area contributed by atoms with Gasteiger partial charge < -0.3 is 10.7 Å². The molecule has 0 aliphatic rings. The molecule has 0 radical (unpaired) electrons. The molecule has 2 rings (SSSR count). The van der Waals surface area contributed by atoms with Crippen molar-refractivity contribution in [3.8, 4) is 0 Å². The number of rotatable bonds is 3. The SMILES string of the molecule is NNc1ccc(Cl)cc1C(=O)Nc1c(F)cccc1Cl. The van der Waals surface area contributed by atoms with Gasteiger partial charge in [0.1, 0.15) is 5.82 Å². The smallest absolute Gasteiger partial charge is 0.257 e. The van der Waals surface area contributed by atoms with Gasteiger partial charge in [0.2, 0.25) is 0 Å². The predicted octanol–water partition coefficient (Wildman–Crippen LogP) is 3.67. The molecule has 0 aliphatic heterocycles. The first kappa shape index (κ1) is 14.6. The number of benzene rings is 2. The lowest BCUT2D eigenvalue weighted by molar-refractivity contribution is 0.102. The van der Waals surface area contributed by atoms with Gasteiger partial charge in [0.15, 0.2) is 0 Å². The number of para-hydroxylation sites is 1. The molecule has 4 N–H and O–H groups in total. The summed E-state index contributed by atoms with van der Waals surface area (Å²) in [6.45, 7) is 0. The van der Waals surface area contributed by atoms with Gasteiger partial charge in [0, 0.05) is 5.02 Å². The largest absolute Gasteiger partial charge is 0.323 e. The van der Waals surface area contributed by atoms with Gasteiger partial charge in [-0.3, -0.25) is 10.6 Å². The van der Waals surface area contributed by atoms with E-state index in [1.165, 1.54) is 24.3 Å². The van der Waals surface area contributed by atoms with E-state index < -0.39 is 11.7 Å². The third-order valence-corrected chi connectivity index (χ3v) is 3.13. The van der Waals surface area contributed by atoms with Crippen LogP contribution in [-0.4, -0.2) is 5.91 Å². The molecule has 0 fully saturated rings. The molecule has 0 unspecified atom stereocenters. The maximum Gasteiger partial charge on any atom is 0.257 e. The monoisotopic (exact) mass is 313 g/mol. The van der Waals surface area contributed by atoms with Crippen molar-refractivity contribution in [3.05, 3.63) is 57.8 Å². The summed E-state index contributed by atoms with van der Waals surface area (Å²) in [7, 11) is 0. The van der Waals surface area contributed by atoms with E-state index in [2.05, 4.69) is 10.7 Å². The van der Waals surface area contributed by atoms with E-state index in [0.29, 0.717) is 10.7 Å². The first-order valence-electron chi connectivity index (χ1n) is 5.54. The minimum absolute atomic E-state index is 0.0953. The topological polar surface area (TPSA) is 67.1 Å². The van der Waals surface area contributed by atoms with Gasteiger partial charge in [-0.2, -0.15) is 0 Å². The van der Waals surface area contributed by atoms with Gasteiger partial charge in [-0.25, -0.2) is 4.39 Å². The fourth-order valence-electron chi connectivity index (χ4n) is 1.63. The first-order chi connectivity index (χ1) is 9.52. The number of nitrogens with one attached hydrogen (secondary N) is 2. The second-order valence-corrected chi connectivity index (χ2v) is 4.73. The van der Waals surface area contributed by atoms with Crippen LogP contribution >= 0.6 is 23.2 Å².